The molecule has 0 aliphatic rings. The Hall–Kier alpha value is -3.32. The van der Waals surface area contributed by atoms with Gasteiger partial charge in [0.25, 0.3) is 5.91 Å². The van der Waals surface area contributed by atoms with Crippen LogP contribution in [0.5, 0.6) is 11.5 Å². The maximum Gasteiger partial charge on any atom is 0.341 e. The third-order valence-corrected chi connectivity index (χ3v) is 5.15. The summed E-state index contributed by atoms with van der Waals surface area (Å²) in [6, 6.07) is 14.2. The molecule has 0 aliphatic carbocycles. The summed E-state index contributed by atoms with van der Waals surface area (Å²) in [6.45, 7) is 1.97. The Morgan fingerprint density at radius 3 is 2.38 bits per heavy atom. The van der Waals surface area contributed by atoms with Gasteiger partial charge >= 0.3 is 5.97 Å². The molecule has 0 unspecified atom stereocenters. The third kappa shape index (κ3) is 4.41. The van der Waals surface area contributed by atoms with E-state index >= 15 is 0 Å². The summed E-state index contributed by atoms with van der Waals surface area (Å²) >= 11 is 1.27. The van der Waals surface area contributed by atoms with Gasteiger partial charge in [0.05, 0.1) is 26.4 Å². The van der Waals surface area contributed by atoms with Crippen molar-refractivity contribution in [2.75, 3.05) is 26.1 Å². The van der Waals surface area contributed by atoms with E-state index in [-0.39, 0.29) is 12.5 Å². The second kappa shape index (κ2) is 9.25. The molecular weight excluding hydrogens is 390 g/mol. The Bertz CT molecular complexity index is 1010. The molecule has 1 aromatic heterocycles. The van der Waals surface area contributed by atoms with Gasteiger partial charge in [-0.25, -0.2) is 4.79 Å². The van der Waals surface area contributed by atoms with Gasteiger partial charge in [-0.2, -0.15) is 0 Å². The Kier molecular flexibility index (Phi) is 6.51. The van der Waals surface area contributed by atoms with E-state index in [0.717, 1.165) is 5.56 Å². The fraction of sp³-hybridized carbons (Fsp3) is 0.182. The van der Waals surface area contributed by atoms with Crippen molar-refractivity contribution >= 4 is 28.2 Å². The summed E-state index contributed by atoms with van der Waals surface area (Å²) in [7, 11) is 3.10. The number of hydrogen-bond acceptors (Lipinski definition) is 6. The van der Waals surface area contributed by atoms with E-state index in [1.165, 1.54) is 18.4 Å². The first kappa shape index (κ1) is 20.4. The van der Waals surface area contributed by atoms with E-state index in [4.69, 9.17) is 14.2 Å². The number of thiophene rings is 1. The molecule has 0 atom stereocenters. The highest BCUT2D eigenvalue weighted by Gasteiger charge is 2.24. The number of hydrogen-bond donors (Lipinski definition) is 1. The van der Waals surface area contributed by atoms with Gasteiger partial charge in [-0.3, -0.25) is 4.79 Å². The van der Waals surface area contributed by atoms with Crippen molar-refractivity contribution in [2.24, 2.45) is 0 Å². The highest BCUT2D eigenvalue weighted by atomic mass is 32.1. The minimum atomic E-state index is -0.491. The molecule has 3 aromatic rings. The fourth-order valence-corrected chi connectivity index (χ4v) is 3.79. The van der Waals surface area contributed by atoms with Crippen molar-refractivity contribution in [3.05, 3.63) is 65.0 Å². The van der Waals surface area contributed by atoms with Gasteiger partial charge in [0.1, 0.15) is 22.1 Å². The van der Waals surface area contributed by atoms with Crippen molar-refractivity contribution in [1.29, 1.82) is 0 Å². The number of para-hydroxylation sites is 1. The molecule has 0 saturated heterocycles. The SMILES string of the molecule is CCOC(=O)c1c(-c2ccc(OC)cc2)csc1NC(=O)c1ccccc1OC. The Morgan fingerprint density at radius 2 is 1.72 bits per heavy atom. The van der Waals surface area contributed by atoms with E-state index in [9.17, 15) is 9.59 Å². The molecule has 0 saturated carbocycles. The molecule has 0 radical (unpaired) electrons. The quantitative estimate of drug-likeness (QED) is 0.562. The second-order valence-corrected chi connectivity index (χ2v) is 6.84. The van der Waals surface area contributed by atoms with E-state index in [0.29, 0.717) is 33.2 Å². The number of amides is 1. The monoisotopic (exact) mass is 411 g/mol. The predicted molar refractivity (Wildman–Crippen MR) is 113 cm³/mol. The number of carbonyl (C=O) groups excluding carboxylic acids is 2. The number of nitrogens with one attached hydrogen (secondary N) is 1. The Labute approximate surface area is 173 Å². The smallest absolute Gasteiger partial charge is 0.341 e. The number of benzene rings is 2. The van der Waals surface area contributed by atoms with Crippen molar-refractivity contribution in [1.82, 2.24) is 0 Å². The molecule has 1 amide bonds. The average Bonchev–Trinajstić information content (AvgIpc) is 3.17. The van der Waals surface area contributed by atoms with Crippen molar-refractivity contribution in [2.45, 2.75) is 6.92 Å². The van der Waals surface area contributed by atoms with Gasteiger partial charge < -0.3 is 19.5 Å². The van der Waals surface area contributed by atoms with Gasteiger partial charge in [0, 0.05) is 10.9 Å². The molecule has 1 N–H and O–H groups in total. The maximum atomic E-state index is 12.8. The number of anilines is 1. The zero-order valence-corrected chi connectivity index (χ0v) is 17.2. The van der Waals surface area contributed by atoms with Crippen LogP contribution in [0, 0.1) is 0 Å². The van der Waals surface area contributed by atoms with Crippen LogP contribution in [0.1, 0.15) is 27.6 Å². The summed E-state index contributed by atoms with van der Waals surface area (Å²) in [5, 5.41) is 5.07. The van der Waals surface area contributed by atoms with Crippen LogP contribution in [0.3, 0.4) is 0 Å². The Morgan fingerprint density at radius 1 is 1.00 bits per heavy atom. The number of rotatable bonds is 7. The van der Waals surface area contributed by atoms with Crippen LogP contribution in [0.2, 0.25) is 0 Å². The van der Waals surface area contributed by atoms with Crippen LogP contribution >= 0.6 is 11.3 Å². The first-order valence-corrected chi connectivity index (χ1v) is 9.84. The molecule has 0 fully saturated rings. The second-order valence-electron chi connectivity index (χ2n) is 5.96. The Balaban J connectivity index is 1.99. The summed E-state index contributed by atoms with van der Waals surface area (Å²) in [5.74, 6) is 0.312. The predicted octanol–water partition coefficient (Wildman–Crippen LogP) is 4.86. The van der Waals surface area contributed by atoms with Crippen LogP contribution < -0.4 is 14.8 Å². The number of esters is 1. The van der Waals surface area contributed by atoms with Crippen molar-refractivity contribution in [3.63, 3.8) is 0 Å². The molecule has 7 heteroatoms. The van der Waals surface area contributed by atoms with Gasteiger partial charge in [0.2, 0.25) is 0 Å². The summed E-state index contributed by atoms with van der Waals surface area (Å²) < 4.78 is 15.7. The molecular formula is C22H21NO5S. The average molecular weight is 411 g/mol. The summed E-state index contributed by atoms with van der Waals surface area (Å²) in [5.41, 5.74) is 2.21. The van der Waals surface area contributed by atoms with Crippen molar-refractivity contribution < 1.29 is 23.8 Å². The molecule has 3 rings (SSSR count). The minimum Gasteiger partial charge on any atom is -0.497 e. The van der Waals surface area contributed by atoms with Crippen molar-refractivity contribution in [3.8, 4) is 22.6 Å². The van der Waals surface area contributed by atoms with Crippen LogP contribution in [0.15, 0.2) is 53.9 Å². The normalized spacial score (nSPS) is 10.3. The molecule has 2 aromatic carbocycles. The molecule has 0 spiro atoms. The standard InChI is InChI=1S/C22H21NO5S/c1-4-28-22(25)19-17(14-9-11-15(26-2)12-10-14)13-29-21(19)23-20(24)16-7-5-6-8-18(16)27-3/h5-13H,4H2,1-3H3,(H,23,24). The van der Waals surface area contributed by atoms with Crippen LogP contribution in [-0.4, -0.2) is 32.7 Å². The highest BCUT2D eigenvalue weighted by Crippen LogP contribution is 2.37. The van der Waals surface area contributed by atoms with Gasteiger partial charge in [-0.05, 0) is 36.8 Å². The lowest BCUT2D eigenvalue weighted by Gasteiger charge is -2.11. The maximum absolute atomic E-state index is 12.8. The summed E-state index contributed by atoms with van der Waals surface area (Å²) in [4.78, 5) is 25.5. The first-order valence-electron chi connectivity index (χ1n) is 8.96. The van der Waals surface area contributed by atoms with E-state index < -0.39 is 5.97 Å². The lowest BCUT2D eigenvalue weighted by atomic mass is 10.0. The highest BCUT2D eigenvalue weighted by molar-refractivity contribution is 7.15. The topological polar surface area (TPSA) is 73.9 Å². The summed E-state index contributed by atoms with van der Waals surface area (Å²) in [6.07, 6.45) is 0. The molecule has 150 valence electrons. The largest absolute Gasteiger partial charge is 0.497 e. The zero-order chi connectivity index (χ0) is 20.8. The molecule has 0 aliphatic heterocycles. The number of ether oxygens (including phenoxy) is 3. The van der Waals surface area contributed by atoms with Crippen LogP contribution in [0.4, 0.5) is 5.00 Å². The fourth-order valence-electron chi connectivity index (χ4n) is 2.84. The molecule has 1 heterocycles. The van der Waals surface area contributed by atoms with Crippen LogP contribution in [-0.2, 0) is 4.74 Å². The minimum absolute atomic E-state index is 0.233. The van der Waals surface area contributed by atoms with Gasteiger partial charge in [0.15, 0.2) is 0 Å². The molecule has 29 heavy (non-hydrogen) atoms. The van der Waals surface area contributed by atoms with E-state index in [2.05, 4.69) is 5.32 Å². The first-order chi connectivity index (χ1) is 14.1. The van der Waals surface area contributed by atoms with E-state index in [1.54, 1.807) is 38.3 Å². The lowest BCUT2D eigenvalue weighted by molar-refractivity contribution is 0.0529. The number of methoxy groups -OCH3 is 2. The van der Waals surface area contributed by atoms with Gasteiger partial charge in [-0.15, -0.1) is 11.3 Å². The molecule has 0 bridgehead atoms. The third-order valence-electron chi connectivity index (χ3n) is 4.25. The van der Waals surface area contributed by atoms with E-state index in [1.807, 2.05) is 29.6 Å². The molecule has 6 nitrogen and oxygen atoms in total. The zero-order valence-electron chi connectivity index (χ0n) is 16.4. The lowest BCUT2D eigenvalue weighted by Crippen LogP contribution is -2.15. The van der Waals surface area contributed by atoms with Crippen LogP contribution in [0.25, 0.3) is 11.1 Å². The number of carbonyl (C=O) groups is 2. The van der Waals surface area contributed by atoms with Gasteiger partial charge in [-0.1, -0.05) is 24.3 Å².